The molecule has 15 heteroatoms. The van der Waals surface area contributed by atoms with Crippen LogP contribution in [-0.2, 0) is 22.6 Å². The summed E-state index contributed by atoms with van der Waals surface area (Å²) in [5, 5.41) is 22.7. The quantitative estimate of drug-likeness (QED) is 0.0669. The number of hydrogen-bond donors (Lipinski definition) is 2. The molecule has 6 rings (SSSR count). The maximum atomic E-state index is 14.1. The topological polar surface area (TPSA) is 117 Å². The number of halogens is 5. The molecular weight excluding hydrogens is 679 g/mol. The van der Waals surface area contributed by atoms with E-state index < -0.39 is 51.8 Å². The Morgan fingerprint density at radius 1 is 0.784 bits per heavy atom. The number of piperazine rings is 1. The predicted molar refractivity (Wildman–Crippen MR) is 174 cm³/mol. The zero-order valence-electron chi connectivity index (χ0n) is 27.0. The molecule has 2 N–H and O–H groups in total. The summed E-state index contributed by atoms with van der Waals surface area (Å²) in [7, 11) is 0. The number of ether oxygens (including phenoxy) is 2. The molecular formula is C36H33F5N4O6. The summed E-state index contributed by atoms with van der Waals surface area (Å²) < 4.78 is 81.6. The van der Waals surface area contributed by atoms with E-state index in [1.54, 1.807) is 36.4 Å². The van der Waals surface area contributed by atoms with Crippen LogP contribution in [0.15, 0.2) is 72.8 Å². The Bertz CT molecular complexity index is 1840. The first-order valence-corrected chi connectivity index (χ1v) is 16.1. The van der Waals surface area contributed by atoms with Crippen LogP contribution in [-0.4, -0.2) is 59.7 Å². The molecule has 4 aromatic carbocycles. The number of nitrogens with one attached hydrogen (secondary N) is 1. The van der Waals surface area contributed by atoms with Crippen LogP contribution in [0.3, 0.4) is 0 Å². The minimum Gasteiger partial charge on any atom is -0.392 e. The maximum Gasteiger partial charge on any atom is 0.269 e. The Morgan fingerprint density at radius 2 is 1.35 bits per heavy atom. The summed E-state index contributed by atoms with van der Waals surface area (Å²) in [6, 6.07) is 20.6. The zero-order chi connectivity index (χ0) is 36.2. The van der Waals surface area contributed by atoms with Crippen LogP contribution in [0.4, 0.5) is 33.3 Å². The van der Waals surface area contributed by atoms with E-state index >= 15 is 0 Å². The molecule has 268 valence electrons. The van der Waals surface area contributed by atoms with Crippen molar-refractivity contribution in [1.29, 1.82) is 0 Å². The van der Waals surface area contributed by atoms with Crippen LogP contribution in [0.2, 0.25) is 0 Å². The molecule has 1 amide bonds. The molecule has 2 aliphatic rings. The number of rotatable bonds is 10. The number of non-ortho nitro benzene ring substituents is 1. The summed E-state index contributed by atoms with van der Waals surface area (Å²) in [6.45, 7) is 3.17. The average Bonchev–Trinajstić information content (AvgIpc) is 3.16. The van der Waals surface area contributed by atoms with Crippen LogP contribution in [0, 0.1) is 39.2 Å². The highest BCUT2D eigenvalue weighted by Crippen LogP contribution is 2.38. The van der Waals surface area contributed by atoms with Crippen molar-refractivity contribution in [3.8, 4) is 0 Å². The van der Waals surface area contributed by atoms with Crippen molar-refractivity contribution in [2.75, 3.05) is 37.6 Å². The van der Waals surface area contributed by atoms with E-state index in [1.165, 1.54) is 12.1 Å². The van der Waals surface area contributed by atoms with Gasteiger partial charge in [0.05, 0.1) is 23.7 Å². The SMILES string of the molecule is O=C(NCc1ccc([C@H]2O[C@@H](CN3CCN(c4ccc([N+](=O)[O-])cc4)CC3)C[C@@H](c3ccc(CO)cc3)O2)cc1)c1c(F)c(F)c(F)c(F)c1F. The molecule has 0 saturated carbocycles. The zero-order valence-corrected chi connectivity index (χ0v) is 27.0. The number of nitrogens with zero attached hydrogens (tertiary/aromatic N) is 3. The van der Waals surface area contributed by atoms with E-state index in [9.17, 15) is 42.0 Å². The largest absolute Gasteiger partial charge is 0.392 e. The van der Waals surface area contributed by atoms with Gasteiger partial charge < -0.3 is 24.8 Å². The fraction of sp³-hybridized carbons (Fsp3) is 0.306. The van der Waals surface area contributed by atoms with Gasteiger partial charge in [0.2, 0.25) is 5.82 Å². The van der Waals surface area contributed by atoms with Gasteiger partial charge in [0, 0.05) is 69.1 Å². The van der Waals surface area contributed by atoms with Crippen molar-refractivity contribution in [3.63, 3.8) is 0 Å². The third-order valence-corrected chi connectivity index (χ3v) is 9.02. The highest BCUT2D eigenvalue weighted by atomic mass is 19.2. The highest BCUT2D eigenvalue weighted by Gasteiger charge is 2.34. The molecule has 2 fully saturated rings. The minimum atomic E-state index is -2.35. The second kappa shape index (κ2) is 15.5. The normalized spacial score (nSPS) is 19.6. The fourth-order valence-electron chi connectivity index (χ4n) is 6.16. The third kappa shape index (κ3) is 8.01. The lowest BCUT2D eigenvalue weighted by Gasteiger charge is -2.41. The van der Waals surface area contributed by atoms with Gasteiger partial charge in [0.25, 0.3) is 11.6 Å². The van der Waals surface area contributed by atoms with E-state index in [1.807, 2.05) is 24.3 Å². The minimum absolute atomic E-state index is 0.0384. The second-order valence-electron chi connectivity index (χ2n) is 12.3. The summed E-state index contributed by atoms with van der Waals surface area (Å²) in [5.41, 5.74) is 2.17. The van der Waals surface area contributed by atoms with Crippen LogP contribution >= 0.6 is 0 Å². The lowest BCUT2D eigenvalue weighted by Crippen LogP contribution is -2.49. The molecule has 0 bridgehead atoms. The standard InChI is InChI=1S/C36H33F5N4O6/c37-30-29(31(38)33(40)34(41)32(30)39)35(47)42-18-21-1-7-24(8-2-21)36-50-27(17-28(51-36)23-5-3-22(20-46)4-6-23)19-43-13-15-44(16-14-43)25-9-11-26(12-10-25)45(48)49/h1-12,27-28,36,46H,13-20H2,(H,42,47)/t27-,28+,36+/m1/s1. The molecule has 0 radical (unpaired) electrons. The van der Waals surface area contributed by atoms with Gasteiger partial charge >= 0.3 is 0 Å². The monoisotopic (exact) mass is 712 g/mol. The molecule has 3 atom stereocenters. The molecule has 10 nitrogen and oxygen atoms in total. The van der Waals surface area contributed by atoms with Gasteiger partial charge in [-0.3, -0.25) is 19.8 Å². The van der Waals surface area contributed by atoms with Crippen molar-refractivity contribution >= 4 is 17.3 Å². The summed E-state index contributed by atoms with van der Waals surface area (Å²) >= 11 is 0. The number of carbonyl (C=O) groups excluding carboxylic acids is 1. The first kappa shape index (κ1) is 35.9. The van der Waals surface area contributed by atoms with Crippen molar-refractivity contribution in [1.82, 2.24) is 10.2 Å². The predicted octanol–water partition coefficient (Wildman–Crippen LogP) is 6.08. The van der Waals surface area contributed by atoms with Gasteiger partial charge in [-0.1, -0.05) is 48.5 Å². The Hall–Kier alpha value is -4.96. The van der Waals surface area contributed by atoms with E-state index in [2.05, 4.69) is 15.1 Å². The summed E-state index contributed by atoms with van der Waals surface area (Å²) in [5.74, 6) is -12.7. The molecule has 0 spiro atoms. The van der Waals surface area contributed by atoms with Gasteiger partial charge in [-0.05, 0) is 28.8 Å². The van der Waals surface area contributed by atoms with Gasteiger partial charge in [0.1, 0.15) is 5.56 Å². The van der Waals surface area contributed by atoms with Gasteiger partial charge in [0.15, 0.2) is 29.6 Å². The number of carbonyl (C=O) groups is 1. The van der Waals surface area contributed by atoms with Crippen LogP contribution in [0.25, 0.3) is 0 Å². The third-order valence-electron chi connectivity index (χ3n) is 9.02. The molecule has 2 heterocycles. The smallest absolute Gasteiger partial charge is 0.269 e. The number of benzene rings is 4. The van der Waals surface area contributed by atoms with E-state index in [4.69, 9.17) is 9.47 Å². The number of anilines is 1. The van der Waals surface area contributed by atoms with Gasteiger partial charge in [-0.25, -0.2) is 22.0 Å². The van der Waals surface area contributed by atoms with Crippen LogP contribution < -0.4 is 10.2 Å². The Labute approximate surface area is 289 Å². The highest BCUT2D eigenvalue weighted by molar-refractivity contribution is 5.94. The number of hydrogen-bond acceptors (Lipinski definition) is 8. The molecule has 0 aromatic heterocycles. The Balaban J connectivity index is 1.12. The molecule has 2 saturated heterocycles. The van der Waals surface area contributed by atoms with Crippen LogP contribution in [0.1, 0.15) is 51.4 Å². The molecule has 0 aliphatic carbocycles. The first-order valence-electron chi connectivity index (χ1n) is 16.1. The molecule has 2 aliphatic heterocycles. The lowest BCUT2D eigenvalue weighted by atomic mass is 9.99. The van der Waals surface area contributed by atoms with Crippen molar-refractivity contribution in [2.24, 2.45) is 0 Å². The number of nitro benzene ring substituents is 1. The van der Waals surface area contributed by atoms with Crippen molar-refractivity contribution in [2.45, 2.75) is 38.1 Å². The van der Waals surface area contributed by atoms with Gasteiger partial charge in [-0.2, -0.15) is 0 Å². The first-order chi connectivity index (χ1) is 24.5. The Kier molecular flexibility index (Phi) is 10.9. The second-order valence-corrected chi connectivity index (χ2v) is 12.3. The number of nitro groups is 1. The van der Waals surface area contributed by atoms with E-state index in [0.29, 0.717) is 24.1 Å². The van der Waals surface area contributed by atoms with Crippen molar-refractivity contribution in [3.05, 3.63) is 140 Å². The molecule has 51 heavy (non-hydrogen) atoms. The summed E-state index contributed by atoms with van der Waals surface area (Å²) in [6.07, 6.45) is -0.815. The molecule has 0 unspecified atom stereocenters. The fourth-order valence-corrected chi connectivity index (χ4v) is 6.16. The van der Waals surface area contributed by atoms with E-state index in [0.717, 1.165) is 43.0 Å². The molecule has 4 aromatic rings. The lowest BCUT2D eigenvalue weighted by molar-refractivity contribution is -0.384. The maximum absolute atomic E-state index is 14.1. The number of aliphatic hydroxyl groups is 1. The van der Waals surface area contributed by atoms with E-state index in [-0.39, 0.29) is 31.0 Å². The summed E-state index contributed by atoms with van der Waals surface area (Å²) in [4.78, 5) is 27.5. The Morgan fingerprint density at radius 3 is 1.94 bits per heavy atom. The average molecular weight is 713 g/mol. The van der Waals surface area contributed by atoms with Crippen LogP contribution in [0.5, 0.6) is 0 Å². The van der Waals surface area contributed by atoms with Gasteiger partial charge in [-0.15, -0.1) is 0 Å². The number of aliphatic hydroxyl groups excluding tert-OH is 1. The van der Waals surface area contributed by atoms with Crippen molar-refractivity contribution < 1.29 is 46.3 Å². The number of amides is 1.